The van der Waals surface area contributed by atoms with Gasteiger partial charge in [-0.15, -0.1) is 11.3 Å². The number of rotatable bonds is 16. The molecule has 21 nitrogen and oxygen atoms in total. The van der Waals surface area contributed by atoms with Crippen LogP contribution in [0.3, 0.4) is 0 Å². The lowest BCUT2D eigenvalue weighted by molar-refractivity contribution is -0.172. The number of aromatic nitrogens is 3. The summed E-state index contributed by atoms with van der Waals surface area (Å²) in [6, 6.07) is 17.3. The molecule has 0 bridgehead atoms. The summed E-state index contributed by atoms with van der Waals surface area (Å²) in [5.74, 6) is -3.52. The van der Waals surface area contributed by atoms with E-state index in [2.05, 4.69) is 31.6 Å². The fourth-order valence-electron chi connectivity index (χ4n) is 8.55. The largest absolute Gasteiger partial charge is 0.490 e. The molecule has 3 aromatic heterocycles. The first-order valence-electron chi connectivity index (χ1n) is 22.0. The van der Waals surface area contributed by atoms with Crippen molar-refractivity contribution in [2.45, 2.75) is 55.3 Å². The van der Waals surface area contributed by atoms with E-state index in [1.54, 1.807) is 72.2 Å². The van der Waals surface area contributed by atoms with Crippen LogP contribution >= 0.6 is 11.3 Å². The Kier molecular flexibility index (Phi) is 12.8. The van der Waals surface area contributed by atoms with E-state index in [0.29, 0.717) is 55.9 Å². The standard InChI is InChI=1S/C47H44N8O13S2/c1-3-47(63)29-17-34-41-27(21-55(34)44(61)28(29)22-68-45(47)62)26-13-14-66-42-32(12-11-31(53-41)40(26)42)51-38(58)20-50-43(60)33(15-24-7-5-4-6-8-24)52-37(57)19-48-36(56)18-49-39(59)23-67-25-9-10-30-35(16-25)69-46(54-30)70(2,64)65/h4-12,16-17,33,63H,3,13-15,18-23H2,1-2H3,(H,48,56)(H,49,59)(H,50,60)(H,51,58)(H,52,57)/t33-,47-/m0/s1. The molecule has 0 spiro atoms. The maximum atomic E-state index is 13.8. The van der Waals surface area contributed by atoms with E-state index in [1.165, 1.54) is 6.07 Å². The van der Waals surface area contributed by atoms with Gasteiger partial charge in [0.2, 0.25) is 37.8 Å². The van der Waals surface area contributed by atoms with Crippen LogP contribution in [-0.4, -0.2) is 109 Å². The zero-order valence-electron chi connectivity index (χ0n) is 37.5. The van der Waals surface area contributed by atoms with Crippen molar-refractivity contribution in [3.63, 3.8) is 0 Å². The summed E-state index contributed by atoms with van der Waals surface area (Å²) in [4.78, 5) is 100. The van der Waals surface area contributed by atoms with E-state index in [1.807, 2.05) is 0 Å². The van der Waals surface area contributed by atoms with Gasteiger partial charge in [-0.05, 0) is 53.9 Å². The summed E-state index contributed by atoms with van der Waals surface area (Å²) >= 11 is 0.964. The van der Waals surface area contributed by atoms with E-state index >= 15 is 0 Å². The van der Waals surface area contributed by atoms with E-state index in [0.717, 1.165) is 28.7 Å². The Morgan fingerprint density at radius 3 is 2.39 bits per heavy atom. The quantitative estimate of drug-likeness (QED) is 0.0740. The molecule has 23 heteroatoms. The topological polar surface area (TPSA) is 292 Å². The lowest BCUT2D eigenvalue weighted by Gasteiger charge is -2.31. The minimum Gasteiger partial charge on any atom is -0.490 e. The zero-order chi connectivity index (χ0) is 49.5. The van der Waals surface area contributed by atoms with Crippen molar-refractivity contribution >= 4 is 83.5 Å². The lowest BCUT2D eigenvalue weighted by atomic mass is 9.86. The second kappa shape index (κ2) is 19.0. The van der Waals surface area contributed by atoms with Crippen LogP contribution < -0.4 is 41.6 Å². The highest BCUT2D eigenvalue weighted by molar-refractivity contribution is 7.92. The first-order chi connectivity index (χ1) is 33.5. The Balaban J connectivity index is 0.803. The molecule has 0 fully saturated rings. The monoisotopic (exact) mass is 992 g/mol. The first kappa shape index (κ1) is 47.3. The number of carbonyl (C=O) groups excluding carboxylic acids is 6. The molecule has 3 aliphatic rings. The molecular weight excluding hydrogens is 949 g/mol. The number of sulfone groups is 1. The van der Waals surface area contributed by atoms with Crippen molar-refractivity contribution in [1.29, 1.82) is 0 Å². The van der Waals surface area contributed by atoms with Gasteiger partial charge in [0, 0.05) is 35.6 Å². The molecule has 0 saturated heterocycles. The van der Waals surface area contributed by atoms with Crippen LogP contribution in [0.25, 0.3) is 32.5 Å². The van der Waals surface area contributed by atoms with Gasteiger partial charge >= 0.3 is 5.97 Å². The highest BCUT2D eigenvalue weighted by atomic mass is 32.2. The molecule has 0 radical (unpaired) electrons. The molecule has 3 aliphatic heterocycles. The molecule has 6 heterocycles. The lowest BCUT2D eigenvalue weighted by Crippen LogP contribution is -2.52. The average Bonchev–Trinajstić information content (AvgIpc) is 3.96. The van der Waals surface area contributed by atoms with E-state index in [9.17, 15) is 47.1 Å². The summed E-state index contributed by atoms with van der Waals surface area (Å²) in [5.41, 5.74) is 2.71. The van der Waals surface area contributed by atoms with Crippen LogP contribution in [0.2, 0.25) is 0 Å². The summed E-state index contributed by atoms with van der Waals surface area (Å²) in [6.07, 6.45) is 1.59. The summed E-state index contributed by atoms with van der Waals surface area (Å²) in [6.45, 7) is -0.160. The fourth-order valence-corrected chi connectivity index (χ4v) is 10.4. The Morgan fingerprint density at radius 2 is 1.61 bits per heavy atom. The third-order valence-corrected chi connectivity index (χ3v) is 14.8. The summed E-state index contributed by atoms with van der Waals surface area (Å²) in [5, 5.41) is 24.7. The SMILES string of the molecule is CC[C@@]1(O)C(=O)OCc2c1cc1n(c2=O)Cc2c-1nc1ccc(NC(=O)CNC(=O)[C@H](Cc3ccccc3)NC(=O)CNC(=O)CNC(=O)COc3ccc4nc(S(C)(=O)=O)sc4c3)c3c1c2CCO3. The molecule has 3 aromatic carbocycles. The Morgan fingerprint density at radius 1 is 0.871 bits per heavy atom. The van der Waals surface area contributed by atoms with Gasteiger partial charge in [0.05, 0.1) is 71.2 Å². The van der Waals surface area contributed by atoms with Crippen LogP contribution in [-0.2, 0) is 74.9 Å². The molecule has 9 rings (SSSR count). The number of amides is 5. The van der Waals surface area contributed by atoms with Gasteiger partial charge in [0.1, 0.15) is 18.4 Å². The van der Waals surface area contributed by atoms with Crippen molar-refractivity contribution in [2.24, 2.45) is 0 Å². The molecule has 0 aliphatic carbocycles. The zero-order valence-corrected chi connectivity index (χ0v) is 39.1. The Labute approximate surface area is 401 Å². The summed E-state index contributed by atoms with van der Waals surface area (Å²) in [7, 11) is -3.50. The molecule has 362 valence electrons. The van der Waals surface area contributed by atoms with Gasteiger partial charge in [-0.25, -0.2) is 23.2 Å². The van der Waals surface area contributed by atoms with Crippen LogP contribution in [0.15, 0.2) is 75.9 Å². The van der Waals surface area contributed by atoms with Gasteiger partial charge in [0.15, 0.2) is 18.0 Å². The number of anilines is 1. The molecular formula is C47H44N8O13S2. The molecule has 0 saturated carbocycles. The number of nitrogens with one attached hydrogen (secondary N) is 5. The maximum Gasteiger partial charge on any atom is 0.343 e. The van der Waals surface area contributed by atoms with Crippen LogP contribution in [0.4, 0.5) is 5.69 Å². The highest BCUT2D eigenvalue weighted by Gasteiger charge is 2.45. The van der Waals surface area contributed by atoms with Crippen LogP contribution in [0.1, 0.15) is 41.2 Å². The van der Waals surface area contributed by atoms with Crippen molar-refractivity contribution in [3.05, 3.63) is 105 Å². The maximum absolute atomic E-state index is 13.8. The number of hydrogen-bond donors (Lipinski definition) is 6. The van der Waals surface area contributed by atoms with Crippen LogP contribution in [0, 0.1) is 0 Å². The number of cyclic esters (lactones) is 1. The van der Waals surface area contributed by atoms with Crippen molar-refractivity contribution in [1.82, 2.24) is 35.8 Å². The van der Waals surface area contributed by atoms with E-state index in [4.69, 9.17) is 19.2 Å². The minimum absolute atomic E-state index is 0.0107. The second-order valence-electron chi connectivity index (χ2n) is 16.8. The molecule has 5 amide bonds. The number of carbonyl (C=O) groups is 6. The fraction of sp³-hybridized carbons (Fsp3) is 0.298. The Bertz CT molecular complexity index is 3360. The van der Waals surface area contributed by atoms with Gasteiger partial charge < -0.3 is 50.5 Å². The van der Waals surface area contributed by atoms with Gasteiger partial charge in [-0.3, -0.25) is 28.8 Å². The van der Waals surface area contributed by atoms with Crippen molar-refractivity contribution in [3.8, 4) is 22.9 Å². The molecule has 70 heavy (non-hydrogen) atoms. The molecule has 6 N–H and O–H groups in total. The smallest absolute Gasteiger partial charge is 0.343 e. The third kappa shape index (κ3) is 9.37. The van der Waals surface area contributed by atoms with Gasteiger partial charge in [0.25, 0.3) is 11.5 Å². The van der Waals surface area contributed by atoms with Gasteiger partial charge in [-0.1, -0.05) is 37.3 Å². The highest BCUT2D eigenvalue weighted by Crippen LogP contribution is 2.45. The second-order valence-corrected chi connectivity index (χ2v) is 20.0. The first-order valence-corrected chi connectivity index (χ1v) is 24.7. The van der Waals surface area contributed by atoms with E-state index < -0.39 is 83.2 Å². The molecule has 2 atom stereocenters. The number of hydrogen-bond acceptors (Lipinski definition) is 16. The number of benzene rings is 3. The van der Waals surface area contributed by atoms with Gasteiger partial charge in [-0.2, -0.15) is 0 Å². The van der Waals surface area contributed by atoms with Crippen molar-refractivity contribution in [2.75, 3.05) is 44.4 Å². The van der Waals surface area contributed by atoms with Crippen molar-refractivity contribution < 1.29 is 56.5 Å². The molecule has 0 unspecified atom stereocenters. The number of aliphatic hydroxyl groups is 1. The third-order valence-electron chi connectivity index (χ3n) is 12.1. The number of thiazole rings is 1. The predicted octanol–water partition coefficient (Wildman–Crippen LogP) is 1.12. The Hall–Kier alpha value is -7.76. The number of fused-ring (bicyclic) bond motifs is 6. The van der Waals surface area contributed by atoms with E-state index in [-0.39, 0.29) is 59.4 Å². The number of ether oxygens (including phenoxy) is 3. The predicted molar refractivity (Wildman–Crippen MR) is 252 cm³/mol. The average molecular weight is 993 g/mol. The number of nitrogens with zero attached hydrogens (tertiary/aromatic N) is 3. The number of pyridine rings is 2. The minimum atomic E-state index is -3.50. The normalized spacial score (nSPS) is 15.9. The van der Waals surface area contributed by atoms with Crippen LogP contribution in [0.5, 0.6) is 11.5 Å². The number of esters is 1. The molecule has 6 aromatic rings. The summed E-state index contributed by atoms with van der Waals surface area (Å²) < 4.78 is 42.5.